The number of nitrogens with one attached hydrogen (secondary N) is 2. The van der Waals surface area contributed by atoms with E-state index >= 15 is 0 Å². The summed E-state index contributed by atoms with van der Waals surface area (Å²) < 4.78 is 10.5. The van der Waals surface area contributed by atoms with Gasteiger partial charge in [-0.15, -0.1) is 0 Å². The molecule has 158 valence electrons. The minimum atomic E-state index is 0.429. The summed E-state index contributed by atoms with van der Waals surface area (Å²) in [6, 6.07) is 7.84. The van der Waals surface area contributed by atoms with Crippen molar-refractivity contribution >= 4 is 17.6 Å². The number of benzene rings is 1. The van der Waals surface area contributed by atoms with E-state index in [1.54, 1.807) is 14.2 Å². The van der Waals surface area contributed by atoms with Crippen molar-refractivity contribution in [3.63, 3.8) is 0 Å². The second-order valence-corrected chi connectivity index (χ2v) is 7.46. The molecule has 0 spiro atoms. The second kappa shape index (κ2) is 11.1. The van der Waals surface area contributed by atoms with E-state index in [4.69, 9.17) is 20.9 Å². The van der Waals surface area contributed by atoms with Crippen LogP contribution in [0, 0.1) is 0 Å². The zero-order valence-corrected chi connectivity index (χ0v) is 17.8. The number of ether oxygens (including phenoxy) is 1. The Labute approximate surface area is 176 Å². The smallest absolute Gasteiger partial charge is 0.228 e. The predicted octanol–water partition coefficient (Wildman–Crippen LogP) is 2.21. The van der Waals surface area contributed by atoms with Crippen LogP contribution in [0.2, 0.25) is 5.02 Å². The number of halogens is 1. The molecule has 3 rings (SSSR count). The minimum absolute atomic E-state index is 0.429. The van der Waals surface area contributed by atoms with Gasteiger partial charge in [-0.25, -0.2) is 0 Å². The van der Waals surface area contributed by atoms with E-state index in [9.17, 15) is 0 Å². The van der Waals surface area contributed by atoms with E-state index in [2.05, 4.69) is 30.7 Å². The molecule has 2 heterocycles. The van der Waals surface area contributed by atoms with E-state index in [1.165, 1.54) is 0 Å². The number of piperidine rings is 1. The molecule has 1 aromatic carbocycles. The third-order valence-electron chi connectivity index (χ3n) is 4.95. The number of hydrogen-bond acceptors (Lipinski definition) is 6. The van der Waals surface area contributed by atoms with Crippen LogP contribution in [0.4, 0.5) is 0 Å². The van der Waals surface area contributed by atoms with Crippen LogP contribution in [0.3, 0.4) is 0 Å². The molecule has 2 aromatic rings. The van der Waals surface area contributed by atoms with E-state index < -0.39 is 0 Å². The van der Waals surface area contributed by atoms with Crippen molar-refractivity contribution in [2.45, 2.75) is 25.3 Å². The SMILES string of the molecule is CN=C(NCCc1nc(-c2cccc(Cl)c2)no1)NC1CCN(CCOC)CC1. The van der Waals surface area contributed by atoms with Crippen LogP contribution in [0.25, 0.3) is 11.4 Å². The molecule has 1 saturated heterocycles. The second-order valence-electron chi connectivity index (χ2n) is 7.02. The van der Waals surface area contributed by atoms with Crippen LogP contribution >= 0.6 is 11.6 Å². The topological polar surface area (TPSA) is 87.8 Å². The van der Waals surface area contributed by atoms with Gasteiger partial charge in [-0.1, -0.05) is 28.9 Å². The number of guanidine groups is 1. The maximum absolute atomic E-state index is 6.02. The van der Waals surface area contributed by atoms with Crippen molar-refractivity contribution in [3.8, 4) is 11.4 Å². The molecule has 0 atom stereocenters. The van der Waals surface area contributed by atoms with Gasteiger partial charge in [0.15, 0.2) is 5.96 Å². The average Bonchev–Trinajstić information content (AvgIpc) is 3.21. The van der Waals surface area contributed by atoms with Gasteiger partial charge in [0.25, 0.3) is 0 Å². The Kier molecular flexibility index (Phi) is 8.27. The lowest BCUT2D eigenvalue weighted by Crippen LogP contribution is -2.49. The first kappa shape index (κ1) is 21.5. The summed E-state index contributed by atoms with van der Waals surface area (Å²) in [6.07, 6.45) is 2.80. The fourth-order valence-electron chi connectivity index (χ4n) is 3.30. The third-order valence-corrected chi connectivity index (χ3v) is 5.18. The van der Waals surface area contributed by atoms with Gasteiger partial charge < -0.3 is 24.8 Å². The van der Waals surface area contributed by atoms with Crippen molar-refractivity contribution in [1.82, 2.24) is 25.7 Å². The van der Waals surface area contributed by atoms with Gasteiger partial charge in [0, 0.05) is 63.4 Å². The molecule has 1 aromatic heterocycles. The molecule has 0 bridgehead atoms. The number of likely N-dealkylation sites (tertiary alicyclic amines) is 1. The Morgan fingerprint density at radius 1 is 1.38 bits per heavy atom. The molecule has 0 radical (unpaired) electrons. The molecule has 1 aliphatic heterocycles. The largest absolute Gasteiger partial charge is 0.383 e. The Hall–Kier alpha value is -2.16. The Bertz CT molecular complexity index is 789. The molecule has 2 N–H and O–H groups in total. The minimum Gasteiger partial charge on any atom is -0.383 e. The van der Waals surface area contributed by atoms with Crippen LogP contribution in [-0.4, -0.2) is 74.0 Å². The highest BCUT2D eigenvalue weighted by Crippen LogP contribution is 2.19. The van der Waals surface area contributed by atoms with Gasteiger partial charge in [-0.05, 0) is 25.0 Å². The van der Waals surface area contributed by atoms with E-state index in [0.717, 1.165) is 50.6 Å². The maximum atomic E-state index is 6.02. The Morgan fingerprint density at radius 2 is 2.21 bits per heavy atom. The maximum Gasteiger partial charge on any atom is 0.228 e. The first-order chi connectivity index (χ1) is 14.2. The van der Waals surface area contributed by atoms with Crippen molar-refractivity contribution < 1.29 is 9.26 Å². The van der Waals surface area contributed by atoms with Crippen molar-refractivity contribution in [2.75, 3.05) is 46.9 Å². The van der Waals surface area contributed by atoms with Gasteiger partial charge in [-0.3, -0.25) is 4.99 Å². The quantitative estimate of drug-likeness (QED) is 0.500. The highest BCUT2D eigenvalue weighted by molar-refractivity contribution is 6.30. The van der Waals surface area contributed by atoms with E-state index in [0.29, 0.717) is 35.7 Å². The third kappa shape index (κ3) is 6.69. The monoisotopic (exact) mass is 420 g/mol. The summed E-state index contributed by atoms with van der Waals surface area (Å²) >= 11 is 6.02. The standard InChI is InChI=1S/C20H29ClN6O2/c1-22-20(24-17-7-10-27(11-8-17)12-13-28-2)23-9-6-18-25-19(26-29-18)15-4-3-5-16(21)14-15/h3-5,14,17H,6-13H2,1-2H3,(H2,22,23,24). The summed E-state index contributed by atoms with van der Waals surface area (Å²) in [5, 5.41) is 11.5. The molecule has 1 aliphatic rings. The van der Waals surface area contributed by atoms with Crippen LogP contribution in [0.15, 0.2) is 33.8 Å². The number of hydrogen-bond donors (Lipinski definition) is 2. The van der Waals surface area contributed by atoms with E-state index in [-0.39, 0.29) is 0 Å². The lowest BCUT2D eigenvalue weighted by molar-refractivity contribution is 0.128. The molecule has 0 unspecified atom stereocenters. The number of rotatable bonds is 8. The molecule has 1 fully saturated rings. The van der Waals surface area contributed by atoms with Crippen LogP contribution in [0.1, 0.15) is 18.7 Å². The summed E-state index contributed by atoms with van der Waals surface area (Å²) in [5.74, 6) is 1.93. The Balaban J connectivity index is 1.40. The number of aromatic nitrogens is 2. The van der Waals surface area contributed by atoms with Crippen molar-refractivity contribution in [1.29, 1.82) is 0 Å². The zero-order chi connectivity index (χ0) is 20.5. The fourth-order valence-corrected chi connectivity index (χ4v) is 3.49. The van der Waals surface area contributed by atoms with Crippen LogP contribution < -0.4 is 10.6 Å². The predicted molar refractivity (Wildman–Crippen MR) is 114 cm³/mol. The number of methoxy groups -OCH3 is 1. The molecule has 29 heavy (non-hydrogen) atoms. The van der Waals surface area contributed by atoms with Gasteiger partial charge >= 0.3 is 0 Å². The Morgan fingerprint density at radius 3 is 2.93 bits per heavy atom. The lowest BCUT2D eigenvalue weighted by Gasteiger charge is -2.32. The number of aliphatic imine (C=N–C) groups is 1. The molecule has 0 aliphatic carbocycles. The normalized spacial score (nSPS) is 16.2. The van der Waals surface area contributed by atoms with Crippen LogP contribution in [-0.2, 0) is 11.2 Å². The highest BCUT2D eigenvalue weighted by Gasteiger charge is 2.19. The average molecular weight is 421 g/mol. The molecular weight excluding hydrogens is 392 g/mol. The lowest BCUT2D eigenvalue weighted by atomic mass is 10.1. The van der Waals surface area contributed by atoms with Crippen molar-refractivity contribution in [3.05, 3.63) is 35.2 Å². The summed E-state index contributed by atoms with van der Waals surface area (Å²) in [7, 11) is 3.53. The van der Waals surface area contributed by atoms with Gasteiger partial charge in [-0.2, -0.15) is 4.98 Å². The first-order valence-corrected chi connectivity index (χ1v) is 10.3. The van der Waals surface area contributed by atoms with Gasteiger partial charge in [0.1, 0.15) is 0 Å². The van der Waals surface area contributed by atoms with Gasteiger partial charge in [0.05, 0.1) is 6.61 Å². The summed E-state index contributed by atoms with van der Waals surface area (Å²) in [6.45, 7) is 4.59. The molecule has 9 heteroatoms. The summed E-state index contributed by atoms with van der Waals surface area (Å²) in [5.41, 5.74) is 0.842. The molecule has 0 amide bonds. The first-order valence-electron chi connectivity index (χ1n) is 9.95. The number of nitrogens with zero attached hydrogens (tertiary/aromatic N) is 4. The molecular formula is C20H29ClN6O2. The van der Waals surface area contributed by atoms with Crippen molar-refractivity contribution in [2.24, 2.45) is 4.99 Å². The molecule has 0 saturated carbocycles. The van der Waals surface area contributed by atoms with E-state index in [1.807, 2.05) is 24.3 Å². The van der Waals surface area contributed by atoms with Gasteiger partial charge in [0.2, 0.25) is 11.7 Å². The molecule has 8 nitrogen and oxygen atoms in total. The highest BCUT2D eigenvalue weighted by atomic mass is 35.5. The van der Waals surface area contributed by atoms with Crippen LogP contribution in [0.5, 0.6) is 0 Å². The fraction of sp³-hybridized carbons (Fsp3) is 0.550. The zero-order valence-electron chi connectivity index (χ0n) is 17.0. The summed E-state index contributed by atoms with van der Waals surface area (Å²) in [4.78, 5) is 11.2.